The van der Waals surface area contributed by atoms with Gasteiger partial charge in [-0.15, -0.1) is 11.8 Å². The van der Waals surface area contributed by atoms with Gasteiger partial charge in [0.05, 0.1) is 18.4 Å². The molecule has 0 aromatic heterocycles. The SMILES string of the molecule is COc1ccc(C2C(=O)N3C(C(=O)O)=CC(NC(=O)C(C)=O)S[C@H]23)cc1. The van der Waals surface area contributed by atoms with Crippen LogP contribution in [-0.4, -0.2) is 51.4 Å². The molecule has 9 heteroatoms. The zero-order chi connectivity index (χ0) is 19.0. The fourth-order valence-electron chi connectivity index (χ4n) is 2.87. The van der Waals surface area contributed by atoms with Gasteiger partial charge in [0.25, 0.3) is 5.91 Å². The van der Waals surface area contributed by atoms with Crippen LogP contribution in [0.2, 0.25) is 0 Å². The highest BCUT2D eigenvalue weighted by Crippen LogP contribution is 2.48. The first-order valence-electron chi connectivity index (χ1n) is 7.72. The van der Waals surface area contributed by atoms with Crippen LogP contribution in [0.1, 0.15) is 18.4 Å². The second kappa shape index (κ2) is 6.83. The molecular formula is C17H16N2O6S. The number of Topliss-reactive ketones (excluding diaryl/α,β-unsaturated/α-hetero) is 1. The molecule has 3 rings (SSSR count). The molecule has 136 valence electrons. The number of benzene rings is 1. The molecule has 0 spiro atoms. The molecule has 0 radical (unpaired) electrons. The lowest BCUT2D eigenvalue weighted by molar-refractivity contribution is -0.148. The number of ether oxygens (including phenoxy) is 1. The molecule has 0 aliphatic carbocycles. The third-order valence-electron chi connectivity index (χ3n) is 4.19. The monoisotopic (exact) mass is 376 g/mol. The van der Waals surface area contributed by atoms with Crippen LogP contribution in [0.3, 0.4) is 0 Å². The van der Waals surface area contributed by atoms with Gasteiger partial charge in [0.15, 0.2) is 0 Å². The van der Waals surface area contributed by atoms with E-state index in [0.717, 1.165) is 12.5 Å². The standard InChI is InChI=1S/C17H16N2O6S/c1-8(20)14(21)18-12-7-11(17(23)24)19-15(22)13(16(19)26-12)9-3-5-10(25-2)6-4-9/h3-7,12-13,16H,1-2H3,(H,18,21)(H,23,24)/t12?,13?,16-/m1/s1. The summed E-state index contributed by atoms with van der Waals surface area (Å²) in [5, 5.41) is 10.7. The highest BCUT2D eigenvalue weighted by molar-refractivity contribution is 8.00. The molecule has 2 N–H and O–H groups in total. The minimum absolute atomic E-state index is 0.197. The Morgan fingerprint density at radius 3 is 2.42 bits per heavy atom. The van der Waals surface area contributed by atoms with Gasteiger partial charge in [0.2, 0.25) is 11.7 Å². The number of hydrogen-bond acceptors (Lipinski definition) is 6. The van der Waals surface area contributed by atoms with Crippen molar-refractivity contribution in [2.24, 2.45) is 0 Å². The molecule has 2 heterocycles. The quantitative estimate of drug-likeness (QED) is 0.574. The largest absolute Gasteiger partial charge is 0.497 e. The number of thioether (sulfide) groups is 1. The van der Waals surface area contributed by atoms with Crippen molar-refractivity contribution < 1.29 is 29.0 Å². The maximum Gasteiger partial charge on any atom is 0.352 e. The third-order valence-corrected chi connectivity index (χ3v) is 5.49. The number of carboxylic acid groups (broad SMARTS) is 1. The van der Waals surface area contributed by atoms with Crippen LogP contribution in [0, 0.1) is 0 Å². The van der Waals surface area contributed by atoms with E-state index in [0.29, 0.717) is 5.75 Å². The molecule has 2 unspecified atom stereocenters. The van der Waals surface area contributed by atoms with Gasteiger partial charge < -0.3 is 15.2 Å². The van der Waals surface area contributed by atoms with E-state index >= 15 is 0 Å². The summed E-state index contributed by atoms with van der Waals surface area (Å²) in [5.41, 5.74) is 0.533. The average Bonchev–Trinajstić information content (AvgIpc) is 2.61. The lowest BCUT2D eigenvalue weighted by atomic mass is 9.89. The van der Waals surface area contributed by atoms with E-state index in [-0.39, 0.29) is 11.6 Å². The molecule has 0 saturated carbocycles. The van der Waals surface area contributed by atoms with E-state index in [1.54, 1.807) is 24.3 Å². The minimum atomic E-state index is -1.26. The van der Waals surface area contributed by atoms with Crippen molar-refractivity contribution in [2.45, 2.75) is 23.6 Å². The smallest absolute Gasteiger partial charge is 0.352 e. The molecule has 2 aliphatic rings. The number of ketones is 1. The number of nitrogens with one attached hydrogen (secondary N) is 1. The number of hydrogen-bond donors (Lipinski definition) is 2. The second-order valence-electron chi connectivity index (χ2n) is 5.79. The number of carbonyl (C=O) groups is 4. The Bertz CT molecular complexity index is 819. The van der Waals surface area contributed by atoms with Crippen molar-refractivity contribution in [1.29, 1.82) is 0 Å². The average molecular weight is 376 g/mol. The Balaban J connectivity index is 1.87. The molecule has 1 fully saturated rings. The summed E-state index contributed by atoms with van der Waals surface area (Å²) in [6.07, 6.45) is 1.27. The third kappa shape index (κ3) is 3.05. The van der Waals surface area contributed by atoms with Crippen LogP contribution in [0.4, 0.5) is 0 Å². The van der Waals surface area contributed by atoms with E-state index in [1.807, 2.05) is 0 Å². The lowest BCUT2D eigenvalue weighted by Gasteiger charge is -2.50. The number of carbonyl (C=O) groups excluding carboxylic acids is 3. The Morgan fingerprint density at radius 1 is 1.23 bits per heavy atom. The Labute approximate surface area is 153 Å². The van der Waals surface area contributed by atoms with E-state index in [1.165, 1.54) is 29.8 Å². The highest BCUT2D eigenvalue weighted by atomic mass is 32.2. The first kappa shape index (κ1) is 18.0. The predicted molar refractivity (Wildman–Crippen MR) is 92.3 cm³/mol. The molecule has 3 atom stereocenters. The van der Waals surface area contributed by atoms with Crippen molar-refractivity contribution in [3.05, 3.63) is 41.6 Å². The maximum absolute atomic E-state index is 12.5. The fourth-order valence-corrected chi connectivity index (χ4v) is 4.32. The number of amides is 2. The number of carboxylic acids is 1. The van der Waals surface area contributed by atoms with Gasteiger partial charge in [0.1, 0.15) is 16.8 Å². The summed E-state index contributed by atoms with van der Waals surface area (Å²) in [4.78, 5) is 48.1. The molecule has 1 aromatic carbocycles. The van der Waals surface area contributed by atoms with Crippen LogP contribution in [-0.2, 0) is 19.2 Å². The molecule has 0 bridgehead atoms. The van der Waals surface area contributed by atoms with Gasteiger partial charge >= 0.3 is 5.97 Å². The Kier molecular flexibility index (Phi) is 4.73. The van der Waals surface area contributed by atoms with Gasteiger partial charge in [0, 0.05) is 6.92 Å². The Hall–Kier alpha value is -2.81. The number of methoxy groups -OCH3 is 1. The van der Waals surface area contributed by atoms with Crippen LogP contribution in [0.25, 0.3) is 0 Å². The second-order valence-corrected chi connectivity index (χ2v) is 7.06. The summed E-state index contributed by atoms with van der Waals surface area (Å²) >= 11 is 1.21. The Morgan fingerprint density at radius 2 is 1.88 bits per heavy atom. The normalized spacial score (nSPS) is 24.1. The van der Waals surface area contributed by atoms with Crippen LogP contribution < -0.4 is 10.1 Å². The number of β-lactam (4-membered cyclic amide) rings is 1. The van der Waals surface area contributed by atoms with Gasteiger partial charge in [-0.25, -0.2) is 4.79 Å². The maximum atomic E-state index is 12.5. The zero-order valence-electron chi connectivity index (χ0n) is 14.0. The molecule has 1 aromatic rings. The molecule has 2 amide bonds. The van der Waals surface area contributed by atoms with Crippen molar-refractivity contribution >= 4 is 35.3 Å². The summed E-state index contributed by atoms with van der Waals surface area (Å²) in [7, 11) is 1.54. The van der Waals surface area contributed by atoms with Gasteiger partial charge in [-0.2, -0.15) is 0 Å². The van der Waals surface area contributed by atoms with Gasteiger partial charge in [-0.1, -0.05) is 12.1 Å². The predicted octanol–water partition coefficient (Wildman–Crippen LogP) is 0.694. The van der Waals surface area contributed by atoms with Crippen LogP contribution in [0.15, 0.2) is 36.0 Å². The van der Waals surface area contributed by atoms with Gasteiger partial charge in [-0.05, 0) is 23.8 Å². The number of fused-ring (bicyclic) bond motifs is 1. The molecular weight excluding hydrogens is 360 g/mol. The summed E-state index contributed by atoms with van der Waals surface area (Å²) in [6, 6.07) is 6.95. The van der Waals surface area contributed by atoms with Crippen molar-refractivity contribution in [2.75, 3.05) is 7.11 Å². The van der Waals surface area contributed by atoms with Crippen molar-refractivity contribution in [3.8, 4) is 5.75 Å². The lowest BCUT2D eigenvalue weighted by Crippen LogP contribution is -2.61. The summed E-state index contributed by atoms with van der Waals surface area (Å²) in [6.45, 7) is 1.13. The van der Waals surface area contributed by atoms with E-state index < -0.39 is 34.3 Å². The number of aliphatic carboxylic acids is 1. The van der Waals surface area contributed by atoms with E-state index in [4.69, 9.17) is 4.74 Å². The zero-order valence-corrected chi connectivity index (χ0v) is 14.8. The number of rotatable bonds is 5. The molecule has 26 heavy (non-hydrogen) atoms. The van der Waals surface area contributed by atoms with Crippen LogP contribution in [0.5, 0.6) is 5.75 Å². The topological polar surface area (TPSA) is 113 Å². The molecule has 2 aliphatic heterocycles. The first-order chi connectivity index (χ1) is 12.3. The van der Waals surface area contributed by atoms with Gasteiger partial charge in [-0.3, -0.25) is 19.3 Å². The van der Waals surface area contributed by atoms with E-state index in [9.17, 15) is 24.3 Å². The van der Waals surface area contributed by atoms with E-state index in [2.05, 4.69) is 5.32 Å². The first-order valence-corrected chi connectivity index (χ1v) is 8.66. The van der Waals surface area contributed by atoms with Crippen LogP contribution >= 0.6 is 11.8 Å². The molecule has 1 saturated heterocycles. The summed E-state index contributed by atoms with van der Waals surface area (Å²) < 4.78 is 5.10. The summed E-state index contributed by atoms with van der Waals surface area (Å²) in [5.74, 6) is -2.95. The fraction of sp³-hybridized carbons (Fsp3) is 0.294. The number of nitrogens with zero attached hydrogens (tertiary/aromatic N) is 1. The highest BCUT2D eigenvalue weighted by Gasteiger charge is 2.54. The minimum Gasteiger partial charge on any atom is -0.497 e. The van der Waals surface area contributed by atoms with Crippen molar-refractivity contribution in [3.63, 3.8) is 0 Å². The molecule has 8 nitrogen and oxygen atoms in total. The van der Waals surface area contributed by atoms with Crippen molar-refractivity contribution in [1.82, 2.24) is 10.2 Å².